The molecule has 0 unspecified atom stereocenters. The van der Waals surface area contributed by atoms with E-state index in [9.17, 15) is 4.79 Å². The number of hydrogen-bond donors (Lipinski definition) is 2. The number of rotatable bonds is 7. The molecular weight excluding hydrogens is 523 g/mol. The average molecular weight is 557 g/mol. The van der Waals surface area contributed by atoms with Crippen LogP contribution >= 0.6 is 35.3 Å². The van der Waals surface area contributed by atoms with E-state index in [-0.39, 0.29) is 29.9 Å². The highest BCUT2D eigenvalue weighted by Crippen LogP contribution is 2.22. The van der Waals surface area contributed by atoms with Gasteiger partial charge in [0, 0.05) is 58.4 Å². The number of nitrogens with one attached hydrogen (secondary N) is 2. The molecule has 7 nitrogen and oxygen atoms in total. The molecule has 2 N–H and O–H groups in total. The lowest BCUT2D eigenvalue weighted by atomic mass is 10.1. The van der Waals surface area contributed by atoms with Crippen LogP contribution < -0.4 is 15.5 Å². The molecule has 0 atom stereocenters. The van der Waals surface area contributed by atoms with Crippen LogP contribution in [0.4, 0.5) is 5.00 Å². The molecular formula is C22H33IN6OS. The molecule has 2 heterocycles. The van der Waals surface area contributed by atoms with Gasteiger partial charge in [-0.05, 0) is 49.3 Å². The van der Waals surface area contributed by atoms with Crippen molar-refractivity contribution in [3.05, 3.63) is 52.9 Å². The summed E-state index contributed by atoms with van der Waals surface area (Å²) in [5.74, 6) is 0.870. The fourth-order valence-corrected chi connectivity index (χ4v) is 4.20. The number of carbonyl (C=O) groups is 1. The number of guanidine groups is 1. The molecule has 3 rings (SSSR count). The Kier molecular flexibility index (Phi) is 10.6. The first-order chi connectivity index (χ1) is 14.6. The second kappa shape index (κ2) is 12.9. The van der Waals surface area contributed by atoms with E-state index >= 15 is 0 Å². The van der Waals surface area contributed by atoms with Crippen LogP contribution in [0, 0.1) is 0 Å². The molecule has 9 heteroatoms. The average Bonchev–Trinajstić information content (AvgIpc) is 3.29. The van der Waals surface area contributed by atoms with Crippen molar-refractivity contribution in [2.24, 2.45) is 4.99 Å². The summed E-state index contributed by atoms with van der Waals surface area (Å²) in [5.41, 5.74) is 1.75. The lowest BCUT2D eigenvalue weighted by Crippen LogP contribution is -2.52. The van der Waals surface area contributed by atoms with Gasteiger partial charge in [0.15, 0.2) is 5.96 Å². The number of nitrogens with zero attached hydrogens (tertiary/aromatic N) is 4. The Labute approximate surface area is 206 Å². The smallest absolute Gasteiger partial charge is 0.251 e. The fraction of sp³-hybridized carbons (Fsp3) is 0.455. The maximum absolute atomic E-state index is 12.4. The molecule has 1 aliphatic rings. The van der Waals surface area contributed by atoms with Gasteiger partial charge in [-0.15, -0.1) is 35.3 Å². The zero-order valence-electron chi connectivity index (χ0n) is 18.5. The SMILES string of the molecule is CN=C(NCc1cccc(C(=O)NCCN(C)C)c1)N1CCN(c2cccs2)CC1.I. The van der Waals surface area contributed by atoms with Crippen LogP contribution in [0.25, 0.3) is 0 Å². The van der Waals surface area contributed by atoms with Crippen LogP contribution in [0.2, 0.25) is 0 Å². The van der Waals surface area contributed by atoms with E-state index in [2.05, 4.69) is 42.9 Å². The Balaban J connectivity index is 0.00000341. The number of amides is 1. The van der Waals surface area contributed by atoms with Crippen molar-refractivity contribution >= 4 is 52.2 Å². The van der Waals surface area contributed by atoms with Crippen molar-refractivity contribution in [2.75, 3.05) is 65.3 Å². The molecule has 1 amide bonds. The van der Waals surface area contributed by atoms with E-state index in [1.54, 1.807) is 11.3 Å². The second-order valence-electron chi connectivity index (χ2n) is 7.59. The van der Waals surface area contributed by atoms with E-state index in [1.165, 1.54) is 5.00 Å². The predicted octanol–water partition coefficient (Wildman–Crippen LogP) is 2.56. The third kappa shape index (κ3) is 7.65. The van der Waals surface area contributed by atoms with E-state index < -0.39 is 0 Å². The van der Waals surface area contributed by atoms with Gasteiger partial charge in [-0.1, -0.05) is 12.1 Å². The fourth-order valence-electron chi connectivity index (χ4n) is 3.42. The number of benzene rings is 1. The van der Waals surface area contributed by atoms with Crippen molar-refractivity contribution in [1.29, 1.82) is 0 Å². The highest BCUT2D eigenvalue weighted by molar-refractivity contribution is 14.0. The summed E-state index contributed by atoms with van der Waals surface area (Å²) in [6.07, 6.45) is 0. The van der Waals surface area contributed by atoms with Gasteiger partial charge in [0.2, 0.25) is 0 Å². The van der Waals surface area contributed by atoms with Crippen LogP contribution in [-0.4, -0.2) is 82.1 Å². The van der Waals surface area contributed by atoms with Crippen molar-refractivity contribution in [1.82, 2.24) is 20.4 Å². The van der Waals surface area contributed by atoms with E-state index in [0.717, 1.165) is 44.2 Å². The normalized spacial score (nSPS) is 14.4. The number of piperazine rings is 1. The van der Waals surface area contributed by atoms with Crippen molar-refractivity contribution in [2.45, 2.75) is 6.54 Å². The molecule has 2 aromatic rings. The molecule has 0 radical (unpaired) electrons. The summed E-state index contributed by atoms with van der Waals surface area (Å²) in [5, 5.41) is 9.87. The lowest BCUT2D eigenvalue weighted by Gasteiger charge is -2.37. The monoisotopic (exact) mass is 556 g/mol. The summed E-state index contributed by atoms with van der Waals surface area (Å²) in [6, 6.07) is 12.0. The highest BCUT2D eigenvalue weighted by atomic mass is 127. The summed E-state index contributed by atoms with van der Waals surface area (Å²) < 4.78 is 0. The number of anilines is 1. The Morgan fingerprint density at radius 3 is 2.55 bits per heavy atom. The number of carbonyl (C=O) groups excluding carboxylic acids is 1. The summed E-state index contributed by atoms with van der Waals surface area (Å²) in [6.45, 7) is 5.95. The minimum Gasteiger partial charge on any atom is -0.360 e. The minimum absolute atomic E-state index is 0. The zero-order chi connectivity index (χ0) is 21.3. The molecule has 1 fully saturated rings. The van der Waals surface area contributed by atoms with Crippen molar-refractivity contribution < 1.29 is 4.79 Å². The van der Waals surface area contributed by atoms with Gasteiger partial charge in [-0.25, -0.2) is 0 Å². The first kappa shape index (κ1) is 25.4. The Morgan fingerprint density at radius 2 is 1.90 bits per heavy atom. The van der Waals surface area contributed by atoms with Gasteiger partial charge < -0.3 is 25.3 Å². The molecule has 0 saturated carbocycles. The molecule has 0 bridgehead atoms. The van der Waals surface area contributed by atoms with Crippen LogP contribution in [0.15, 0.2) is 46.8 Å². The third-order valence-corrected chi connectivity index (χ3v) is 6.02. The molecule has 1 saturated heterocycles. The van der Waals surface area contributed by atoms with Crippen LogP contribution in [0.3, 0.4) is 0 Å². The predicted molar refractivity (Wildman–Crippen MR) is 141 cm³/mol. The molecule has 31 heavy (non-hydrogen) atoms. The van der Waals surface area contributed by atoms with E-state index in [0.29, 0.717) is 18.7 Å². The van der Waals surface area contributed by atoms with Crippen LogP contribution in [-0.2, 0) is 6.54 Å². The minimum atomic E-state index is -0.0345. The molecule has 0 aliphatic carbocycles. The first-order valence-corrected chi connectivity index (χ1v) is 11.2. The summed E-state index contributed by atoms with van der Waals surface area (Å²) in [4.78, 5) is 23.6. The number of hydrogen-bond acceptors (Lipinski definition) is 5. The van der Waals surface area contributed by atoms with Crippen LogP contribution in [0.1, 0.15) is 15.9 Å². The number of likely N-dealkylation sites (N-methyl/N-ethyl adjacent to an activating group) is 1. The van der Waals surface area contributed by atoms with Crippen molar-refractivity contribution in [3.8, 4) is 0 Å². The van der Waals surface area contributed by atoms with Gasteiger partial charge in [-0.2, -0.15) is 0 Å². The van der Waals surface area contributed by atoms with Gasteiger partial charge in [0.25, 0.3) is 5.91 Å². The summed E-state index contributed by atoms with van der Waals surface area (Å²) >= 11 is 1.79. The zero-order valence-corrected chi connectivity index (χ0v) is 21.7. The molecule has 1 aromatic heterocycles. The topological polar surface area (TPSA) is 63.2 Å². The maximum atomic E-state index is 12.4. The van der Waals surface area contributed by atoms with Gasteiger partial charge in [-0.3, -0.25) is 9.79 Å². The molecule has 1 aromatic carbocycles. The quantitative estimate of drug-likeness (QED) is 0.312. The van der Waals surface area contributed by atoms with E-state index in [4.69, 9.17) is 0 Å². The lowest BCUT2D eigenvalue weighted by molar-refractivity contribution is 0.0951. The van der Waals surface area contributed by atoms with E-state index in [1.807, 2.05) is 50.3 Å². The molecule has 170 valence electrons. The highest BCUT2D eigenvalue weighted by Gasteiger charge is 2.20. The Hall–Kier alpha value is -1.85. The number of aliphatic imine (C=N–C) groups is 1. The largest absolute Gasteiger partial charge is 0.360 e. The number of thiophene rings is 1. The van der Waals surface area contributed by atoms with Gasteiger partial charge in [0.1, 0.15) is 0 Å². The Bertz CT molecular complexity index is 834. The third-order valence-electron chi connectivity index (χ3n) is 5.09. The Morgan fingerprint density at radius 1 is 1.13 bits per heavy atom. The van der Waals surface area contributed by atoms with Crippen molar-refractivity contribution in [3.63, 3.8) is 0 Å². The second-order valence-corrected chi connectivity index (χ2v) is 8.51. The molecule has 1 aliphatic heterocycles. The maximum Gasteiger partial charge on any atom is 0.251 e. The van der Waals surface area contributed by atoms with Crippen LogP contribution in [0.5, 0.6) is 0 Å². The van der Waals surface area contributed by atoms with Gasteiger partial charge in [0.05, 0.1) is 5.00 Å². The summed E-state index contributed by atoms with van der Waals surface area (Å²) in [7, 11) is 5.81. The van der Waals surface area contributed by atoms with Gasteiger partial charge >= 0.3 is 0 Å². The standard InChI is InChI=1S/C22H32N6OS.HI/c1-23-22(28-13-11-27(12-14-28)20-8-5-15-30-20)25-17-18-6-4-7-19(16-18)21(29)24-9-10-26(2)3;/h4-8,15-16H,9-14,17H2,1-3H3,(H,23,25)(H,24,29);1H. The molecule has 0 spiro atoms. The number of halogens is 1. The first-order valence-electron chi connectivity index (χ1n) is 10.3.